The maximum absolute atomic E-state index is 13.5. The van der Waals surface area contributed by atoms with Crippen LogP contribution in [-0.2, 0) is 11.3 Å². The molecule has 3 aromatic rings. The van der Waals surface area contributed by atoms with Crippen molar-refractivity contribution in [1.29, 1.82) is 0 Å². The lowest BCUT2D eigenvalue weighted by Gasteiger charge is -2.34. The van der Waals surface area contributed by atoms with E-state index >= 15 is 0 Å². The normalized spacial score (nSPS) is 18.7. The van der Waals surface area contributed by atoms with Crippen LogP contribution in [0.15, 0.2) is 48.5 Å². The summed E-state index contributed by atoms with van der Waals surface area (Å²) in [5.74, 6) is 0.586. The van der Waals surface area contributed by atoms with Gasteiger partial charge in [-0.2, -0.15) is 5.10 Å². The monoisotopic (exact) mass is 543 g/mol. The molecule has 3 aliphatic heterocycles. The average molecular weight is 544 g/mol. The van der Waals surface area contributed by atoms with Crippen molar-refractivity contribution >= 4 is 23.4 Å². The molecule has 208 valence electrons. The Morgan fingerprint density at radius 3 is 2.55 bits per heavy atom. The first-order valence-corrected chi connectivity index (χ1v) is 13.8. The van der Waals surface area contributed by atoms with Crippen molar-refractivity contribution in [3.05, 3.63) is 71.0 Å². The van der Waals surface area contributed by atoms with Gasteiger partial charge in [-0.3, -0.25) is 24.0 Å². The first-order chi connectivity index (χ1) is 19.4. The maximum atomic E-state index is 13.5. The lowest BCUT2D eigenvalue weighted by Crippen LogP contribution is -2.44. The van der Waals surface area contributed by atoms with Crippen LogP contribution in [0.25, 0.3) is 0 Å². The van der Waals surface area contributed by atoms with Gasteiger partial charge in [-0.05, 0) is 57.0 Å². The number of aryl methyl sites for hydroxylation is 2. The minimum Gasteiger partial charge on any atom is -0.486 e. The van der Waals surface area contributed by atoms with Crippen LogP contribution in [-0.4, -0.2) is 71.3 Å². The van der Waals surface area contributed by atoms with Gasteiger partial charge < -0.3 is 19.7 Å². The average Bonchev–Trinajstić information content (AvgIpc) is 3.42. The van der Waals surface area contributed by atoms with E-state index in [1.165, 1.54) is 4.90 Å². The fraction of sp³-hybridized carbons (Fsp3) is 0.400. The van der Waals surface area contributed by atoms with Gasteiger partial charge in [0, 0.05) is 31.2 Å². The third-order valence-electron chi connectivity index (χ3n) is 7.86. The standard InChI is InChI=1S/C30H33N5O5/c1-19-16-20(2)35(32-19)15-12-31-28(36)21-10-13-33(14-11-21)24-7-5-6-23-27(24)30(38)34(29(23)37)17-22-18-39-25-8-3-4-9-26(25)40-22/h3-9,16,21-22H,10-15,17-18H2,1-2H3,(H,31,36)/t22-/m0/s1. The van der Waals surface area contributed by atoms with E-state index in [1.807, 2.05) is 61.0 Å². The molecular formula is C30H33N5O5. The number of fused-ring (bicyclic) bond motifs is 2. The first kappa shape index (κ1) is 25.9. The molecule has 0 spiro atoms. The van der Waals surface area contributed by atoms with E-state index in [4.69, 9.17) is 9.47 Å². The van der Waals surface area contributed by atoms with Gasteiger partial charge in [0.2, 0.25) is 5.91 Å². The van der Waals surface area contributed by atoms with Crippen LogP contribution < -0.4 is 19.7 Å². The highest BCUT2D eigenvalue weighted by molar-refractivity contribution is 6.23. The summed E-state index contributed by atoms with van der Waals surface area (Å²) < 4.78 is 13.7. The minimum absolute atomic E-state index is 0.0492. The number of imide groups is 1. The summed E-state index contributed by atoms with van der Waals surface area (Å²) in [6, 6.07) is 14.8. The highest BCUT2D eigenvalue weighted by atomic mass is 16.6. The van der Waals surface area contributed by atoms with Crippen molar-refractivity contribution in [1.82, 2.24) is 20.0 Å². The lowest BCUT2D eigenvalue weighted by atomic mass is 9.94. The second-order valence-electron chi connectivity index (χ2n) is 10.6. The SMILES string of the molecule is Cc1cc(C)n(CCNC(=O)C2CCN(c3cccc4c3C(=O)N(C[C@H]3COc5ccccc5O3)C4=O)CC2)n1. The van der Waals surface area contributed by atoms with Crippen LogP contribution in [0.4, 0.5) is 5.69 Å². The van der Waals surface area contributed by atoms with Crippen LogP contribution in [0, 0.1) is 19.8 Å². The molecule has 1 saturated heterocycles. The summed E-state index contributed by atoms with van der Waals surface area (Å²) in [7, 11) is 0. The smallest absolute Gasteiger partial charge is 0.263 e. The van der Waals surface area contributed by atoms with Crippen LogP contribution in [0.3, 0.4) is 0 Å². The minimum atomic E-state index is -0.448. The fourth-order valence-corrected chi connectivity index (χ4v) is 5.81. The summed E-state index contributed by atoms with van der Waals surface area (Å²) in [4.78, 5) is 43.0. The number of anilines is 1. The third-order valence-corrected chi connectivity index (χ3v) is 7.86. The summed E-state index contributed by atoms with van der Waals surface area (Å²) in [5, 5.41) is 7.49. The number of carbonyl (C=O) groups is 3. The molecule has 6 rings (SSSR count). The number of amides is 3. The predicted octanol–water partition coefficient (Wildman–Crippen LogP) is 2.97. The largest absolute Gasteiger partial charge is 0.486 e. The van der Waals surface area contributed by atoms with Gasteiger partial charge >= 0.3 is 0 Å². The zero-order valence-electron chi connectivity index (χ0n) is 22.8. The number of hydrogen-bond donors (Lipinski definition) is 1. The van der Waals surface area contributed by atoms with Gasteiger partial charge in [0.1, 0.15) is 6.61 Å². The van der Waals surface area contributed by atoms with E-state index in [-0.39, 0.29) is 36.8 Å². The number of hydrogen-bond acceptors (Lipinski definition) is 7. The Labute approximate surface area is 232 Å². The summed E-state index contributed by atoms with van der Waals surface area (Å²) in [5.41, 5.74) is 3.62. The van der Waals surface area contributed by atoms with Crippen LogP contribution >= 0.6 is 0 Å². The summed E-state index contributed by atoms with van der Waals surface area (Å²) in [6.07, 6.45) is 0.901. The van der Waals surface area contributed by atoms with Crippen molar-refractivity contribution in [2.45, 2.75) is 39.3 Å². The van der Waals surface area contributed by atoms with Crippen molar-refractivity contribution in [2.75, 3.05) is 37.7 Å². The van der Waals surface area contributed by atoms with Crippen LogP contribution in [0.2, 0.25) is 0 Å². The Kier molecular flexibility index (Phi) is 6.91. The Hall–Kier alpha value is -4.34. The molecule has 3 amide bonds. The topological polar surface area (TPSA) is 106 Å². The van der Waals surface area contributed by atoms with Crippen molar-refractivity contribution in [3.63, 3.8) is 0 Å². The Morgan fingerprint density at radius 2 is 1.80 bits per heavy atom. The molecule has 10 heteroatoms. The molecular weight excluding hydrogens is 510 g/mol. The molecule has 0 aliphatic carbocycles. The number of carbonyl (C=O) groups excluding carboxylic acids is 3. The number of aromatic nitrogens is 2. The van der Waals surface area contributed by atoms with E-state index in [9.17, 15) is 14.4 Å². The van der Waals surface area contributed by atoms with Gasteiger partial charge in [0.05, 0.1) is 35.6 Å². The highest BCUT2D eigenvalue weighted by Gasteiger charge is 2.41. The van der Waals surface area contributed by atoms with Crippen molar-refractivity contribution in [3.8, 4) is 11.5 Å². The van der Waals surface area contributed by atoms with Crippen LogP contribution in [0.1, 0.15) is 44.9 Å². The molecule has 2 aromatic carbocycles. The van der Waals surface area contributed by atoms with E-state index in [2.05, 4.69) is 15.3 Å². The fourth-order valence-electron chi connectivity index (χ4n) is 5.81. The number of benzene rings is 2. The molecule has 0 saturated carbocycles. The second kappa shape index (κ2) is 10.7. The molecule has 0 radical (unpaired) electrons. The van der Waals surface area contributed by atoms with Crippen molar-refractivity contribution < 1.29 is 23.9 Å². The summed E-state index contributed by atoms with van der Waals surface area (Å²) >= 11 is 0. The molecule has 1 N–H and O–H groups in total. The zero-order chi connectivity index (χ0) is 27.8. The first-order valence-electron chi connectivity index (χ1n) is 13.8. The molecule has 1 fully saturated rings. The Balaban J connectivity index is 1.07. The highest BCUT2D eigenvalue weighted by Crippen LogP contribution is 2.35. The Bertz CT molecular complexity index is 1460. The van der Waals surface area contributed by atoms with E-state index in [1.54, 1.807) is 6.07 Å². The van der Waals surface area contributed by atoms with E-state index in [0.29, 0.717) is 61.6 Å². The molecule has 0 unspecified atom stereocenters. The number of para-hydroxylation sites is 2. The van der Waals surface area contributed by atoms with Crippen molar-refractivity contribution in [2.24, 2.45) is 5.92 Å². The van der Waals surface area contributed by atoms with Crippen LogP contribution in [0.5, 0.6) is 11.5 Å². The number of ether oxygens (including phenoxy) is 2. The molecule has 1 aromatic heterocycles. The number of nitrogens with zero attached hydrogens (tertiary/aromatic N) is 4. The van der Waals surface area contributed by atoms with E-state index in [0.717, 1.165) is 17.1 Å². The molecule has 1 atom stereocenters. The summed E-state index contributed by atoms with van der Waals surface area (Å²) in [6.45, 7) is 6.76. The zero-order valence-corrected chi connectivity index (χ0v) is 22.8. The Morgan fingerprint density at radius 1 is 1.02 bits per heavy atom. The predicted molar refractivity (Wildman–Crippen MR) is 148 cm³/mol. The molecule has 3 aliphatic rings. The van der Waals surface area contributed by atoms with Gasteiger partial charge in [0.25, 0.3) is 11.8 Å². The molecule has 4 heterocycles. The van der Waals surface area contributed by atoms with Gasteiger partial charge in [-0.1, -0.05) is 18.2 Å². The lowest BCUT2D eigenvalue weighted by molar-refractivity contribution is -0.125. The molecule has 10 nitrogen and oxygen atoms in total. The van der Waals surface area contributed by atoms with Gasteiger partial charge in [-0.25, -0.2) is 0 Å². The molecule has 0 bridgehead atoms. The number of piperidine rings is 1. The van der Waals surface area contributed by atoms with Gasteiger partial charge in [-0.15, -0.1) is 0 Å². The number of nitrogens with one attached hydrogen (secondary N) is 1. The second-order valence-corrected chi connectivity index (χ2v) is 10.6. The van der Waals surface area contributed by atoms with E-state index < -0.39 is 6.10 Å². The number of rotatable bonds is 7. The molecule has 40 heavy (non-hydrogen) atoms. The third kappa shape index (κ3) is 4.89. The quantitative estimate of drug-likeness (QED) is 0.457. The maximum Gasteiger partial charge on any atom is 0.263 e. The van der Waals surface area contributed by atoms with Gasteiger partial charge in [0.15, 0.2) is 17.6 Å².